The van der Waals surface area contributed by atoms with Crippen molar-refractivity contribution in [2.75, 3.05) is 30.6 Å². The van der Waals surface area contributed by atoms with E-state index in [1.54, 1.807) is 36.5 Å². The number of fused-ring (bicyclic) bond motifs is 3. The number of aromatic nitrogens is 1. The van der Waals surface area contributed by atoms with Crippen LogP contribution in [0.1, 0.15) is 44.0 Å². The summed E-state index contributed by atoms with van der Waals surface area (Å²) < 4.78 is 52.9. The maximum absolute atomic E-state index is 12.1. The normalized spacial score (nSPS) is 20.8. The molecule has 2 heterocycles. The number of thiazole rings is 1. The lowest BCUT2D eigenvalue weighted by Crippen LogP contribution is -2.36. The Hall–Kier alpha value is -2.19. The average molecular weight is 702 g/mol. The maximum atomic E-state index is 12.1. The van der Waals surface area contributed by atoms with Crippen LogP contribution in [0.15, 0.2) is 91.1 Å². The number of aryl methyl sites for hydroxylation is 1. The molecular weight excluding hydrogens is 665 g/mol. The van der Waals surface area contributed by atoms with Crippen molar-refractivity contribution < 1.29 is 25.9 Å². The fourth-order valence-corrected chi connectivity index (χ4v) is 10.1. The molecule has 0 amide bonds. The van der Waals surface area contributed by atoms with Crippen LogP contribution in [0.3, 0.4) is 0 Å². The van der Waals surface area contributed by atoms with Gasteiger partial charge in [-0.2, -0.15) is 13.0 Å². The van der Waals surface area contributed by atoms with Crippen LogP contribution in [0.4, 0.5) is 5.69 Å². The summed E-state index contributed by atoms with van der Waals surface area (Å²) >= 11 is 4.78. The molecule has 0 saturated carbocycles. The highest BCUT2D eigenvalue weighted by Crippen LogP contribution is 2.48. The van der Waals surface area contributed by atoms with Crippen LogP contribution in [0.25, 0.3) is 16.3 Å². The van der Waals surface area contributed by atoms with Gasteiger partial charge >= 0.3 is 0 Å². The highest BCUT2D eigenvalue weighted by atomic mass is 32.2. The Morgan fingerprint density at radius 1 is 1.16 bits per heavy atom. The van der Waals surface area contributed by atoms with E-state index in [0.29, 0.717) is 18.9 Å². The van der Waals surface area contributed by atoms with Crippen LogP contribution in [-0.2, 0) is 31.6 Å². The largest absolute Gasteiger partial charge is 0.335 e. The summed E-state index contributed by atoms with van der Waals surface area (Å²) in [5.41, 5.74) is 6.14. The van der Waals surface area contributed by atoms with Gasteiger partial charge in [0.1, 0.15) is 4.70 Å². The number of hydrogen-bond donors (Lipinski definition) is 1. The van der Waals surface area contributed by atoms with E-state index in [-0.39, 0.29) is 5.75 Å². The molecule has 2 aliphatic carbocycles. The van der Waals surface area contributed by atoms with E-state index in [9.17, 15) is 17.2 Å². The Bertz CT molecular complexity index is 1890. The summed E-state index contributed by atoms with van der Waals surface area (Å²) in [5.74, 6) is 0.285. The number of allylic oxidation sites excluding steroid dienone is 6. The Morgan fingerprint density at radius 3 is 2.73 bits per heavy atom. The molecule has 2 unspecified atom stereocenters. The van der Waals surface area contributed by atoms with Crippen molar-refractivity contribution in [2.45, 2.75) is 60.3 Å². The van der Waals surface area contributed by atoms with Gasteiger partial charge in [0.05, 0.1) is 23.6 Å². The van der Waals surface area contributed by atoms with Crippen molar-refractivity contribution in [2.24, 2.45) is 5.92 Å². The maximum Gasteiger partial charge on any atom is 0.265 e. The molecule has 2 atom stereocenters. The second-order valence-corrected chi connectivity index (χ2v) is 17.4. The van der Waals surface area contributed by atoms with Gasteiger partial charge < -0.3 is 9.08 Å². The van der Waals surface area contributed by atoms with Gasteiger partial charge in [-0.1, -0.05) is 35.3 Å². The highest BCUT2D eigenvalue weighted by molar-refractivity contribution is 8.03. The second-order valence-electron chi connectivity index (χ2n) is 11.4. The van der Waals surface area contributed by atoms with E-state index in [1.807, 2.05) is 12.1 Å². The first-order chi connectivity index (χ1) is 21.6. The van der Waals surface area contributed by atoms with E-state index in [2.05, 4.69) is 65.0 Å². The second kappa shape index (κ2) is 13.9. The third kappa shape index (κ3) is 7.53. The molecule has 0 bridgehead atoms. The predicted molar refractivity (Wildman–Crippen MR) is 188 cm³/mol. The van der Waals surface area contributed by atoms with Gasteiger partial charge in [-0.05, 0) is 91.7 Å². The zero-order valence-electron chi connectivity index (χ0n) is 25.5. The molecule has 6 rings (SSSR count). The monoisotopic (exact) mass is 701 g/mol. The van der Waals surface area contributed by atoms with Crippen LogP contribution in [0.5, 0.6) is 0 Å². The lowest BCUT2D eigenvalue weighted by atomic mass is 9.77. The Morgan fingerprint density at radius 2 is 1.98 bits per heavy atom. The van der Waals surface area contributed by atoms with Crippen molar-refractivity contribution in [3.8, 4) is 0 Å². The quantitative estimate of drug-likeness (QED) is 0.130. The van der Waals surface area contributed by atoms with Gasteiger partial charge in [0, 0.05) is 68.9 Å². The van der Waals surface area contributed by atoms with Crippen LogP contribution in [0.2, 0.25) is 0 Å². The minimum Gasteiger partial charge on any atom is -0.335 e. The molecule has 238 valence electrons. The fourth-order valence-electron chi connectivity index (χ4n) is 6.22. The SMILES string of the molecule is CCN1/C(=C/C2=CC3=C/C(=C/c4sc5ccc(SOC)cc5[n+]4CCCS(=O)(=O)O)CCC3CC2)Sc2ccc(S(C)=O)cc21. The standard InChI is InChI=1S/C33H36N2O5S5/c1-4-34-29-21-27(44(3)36)11-13-31(29)41-32(34)18-22-6-8-24-9-7-23(17-25(24)16-22)19-33-35(14-5-15-45(37,38)39)28-20-26(43-40-2)10-12-30(28)42-33/h10-13,16-21,24H,4-9,14-15H2,1-3H3/p+1. The third-order valence-corrected chi connectivity index (χ3v) is 12.9. The van der Waals surface area contributed by atoms with Crippen LogP contribution in [-0.4, -0.2) is 42.8 Å². The number of rotatable bonds is 10. The lowest BCUT2D eigenvalue weighted by molar-refractivity contribution is -0.668. The Kier molecular flexibility index (Phi) is 10.1. The molecule has 1 aromatic heterocycles. The minimum atomic E-state index is -4.03. The number of hydrogen-bond acceptors (Lipinski definition) is 8. The van der Waals surface area contributed by atoms with Gasteiger partial charge in [-0.15, -0.1) is 0 Å². The molecule has 0 spiro atoms. The Balaban J connectivity index is 1.30. The molecule has 2 aromatic carbocycles. The van der Waals surface area contributed by atoms with E-state index in [1.165, 1.54) is 38.7 Å². The molecule has 45 heavy (non-hydrogen) atoms. The fraction of sp³-hybridized carbons (Fsp3) is 0.364. The number of benzene rings is 2. The van der Waals surface area contributed by atoms with Crippen molar-refractivity contribution in [3.63, 3.8) is 0 Å². The molecule has 1 aliphatic heterocycles. The van der Waals surface area contributed by atoms with Crippen molar-refractivity contribution in [3.05, 3.63) is 81.4 Å². The van der Waals surface area contributed by atoms with Crippen LogP contribution < -0.4 is 9.47 Å². The first-order valence-corrected chi connectivity index (χ1v) is 20.6. The van der Waals surface area contributed by atoms with Crippen LogP contribution in [0, 0.1) is 5.92 Å². The number of anilines is 1. The minimum absolute atomic E-state index is 0.271. The molecule has 3 aromatic rings. The van der Waals surface area contributed by atoms with Gasteiger partial charge in [0.2, 0.25) is 5.52 Å². The summed E-state index contributed by atoms with van der Waals surface area (Å²) in [6.07, 6.45) is 15.6. The van der Waals surface area contributed by atoms with E-state index in [4.69, 9.17) is 4.18 Å². The summed E-state index contributed by atoms with van der Waals surface area (Å²) in [5, 5.41) is 2.28. The van der Waals surface area contributed by atoms with Gasteiger partial charge in [0.25, 0.3) is 15.1 Å². The predicted octanol–water partition coefficient (Wildman–Crippen LogP) is 7.77. The van der Waals surface area contributed by atoms with E-state index >= 15 is 0 Å². The summed E-state index contributed by atoms with van der Waals surface area (Å²) in [7, 11) is -3.40. The van der Waals surface area contributed by atoms with Gasteiger partial charge in [-0.3, -0.25) is 8.76 Å². The molecule has 12 heteroatoms. The highest BCUT2D eigenvalue weighted by Gasteiger charge is 2.28. The van der Waals surface area contributed by atoms with Crippen LogP contribution >= 0.6 is 35.1 Å². The number of nitrogens with zero attached hydrogens (tertiary/aromatic N) is 2. The molecule has 0 radical (unpaired) electrons. The van der Waals surface area contributed by atoms with Crippen molar-refractivity contribution in [1.82, 2.24) is 0 Å². The summed E-state index contributed by atoms with van der Waals surface area (Å²) in [6.45, 7) is 3.49. The lowest BCUT2D eigenvalue weighted by Gasteiger charge is -2.28. The van der Waals surface area contributed by atoms with Crippen molar-refractivity contribution >= 4 is 78.0 Å². The molecule has 7 nitrogen and oxygen atoms in total. The average Bonchev–Trinajstić information content (AvgIpc) is 3.52. The summed E-state index contributed by atoms with van der Waals surface area (Å²) in [6, 6.07) is 12.3. The zero-order chi connectivity index (χ0) is 31.7. The van der Waals surface area contributed by atoms with Gasteiger partial charge in [0.15, 0.2) is 6.54 Å². The first-order valence-electron chi connectivity index (χ1n) is 15.0. The number of thioether (sulfide) groups is 1. The Labute approximate surface area is 280 Å². The molecule has 0 saturated heterocycles. The van der Waals surface area contributed by atoms with Gasteiger partial charge in [-0.25, -0.2) is 0 Å². The smallest absolute Gasteiger partial charge is 0.265 e. The van der Waals surface area contributed by atoms with E-state index < -0.39 is 20.9 Å². The zero-order valence-corrected chi connectivity index (χ0v) is 29.6. The molecule has 1 N–H and O–H groups in total. The molecule has 3 aliphatic rings. The summed E-state index contributed by atoms with van der Waals surface area (Å²) in [4.78, 5) is 5.36. The first kappa shape index (κ1) is 32.7. The molecule has 0 fully saturated rings. The topological polar surface area (TPSA) is 87.8 Å². The van der Waals surface area contributed by atoms with E-state index in [0.717, 1.165) is 62.9 Å². The third-order valence-electron chi connectivity index (χ3n) is 8.37. The van der Waals surface area contributed by atoms with Crippen molar-refractivity contribution in [1.29, 1.82) is 0 Å². The molecular formula is C33H37N2O5S5+.